The Morgan fingerprint density at radius 2 is 2.29 bits per heavy atom. The van der Waals surface area contributed by atoms with Crippen molar-refractivity contribution in [1.29, 1.82) is 0 Å². The van der Waals surface area contributed by atoms with Gasteiger partial charge in [-0.3, -0.25) is 4.79 Å². The summed E-state index contributed by atoms with van der Waals surface area (Å²) in [5.41, 5.74) is 1.09. The van der Waals surface area contributed by atoms with Gasteiger partial charge in [0.15, 0.2) is 0 Å². The molecule has 1 aliphatic carbocycles. The van der Waals surface area contributed by atoms with Crippen molar-refractivity contribution in [2.75, 3.05) is 0 Å². The fraction of sp³-hybridized carbons (Fsp3) is 0.636. The highest BCUT2D eigenvalue weighted by Crippen LogP contribution is 2.29. The lowest BCUT2D eigenvalue weighted by molar-refractivity contribution is -0.122. The first-order valence-electron chi connectivity index (χ1n) is 5.21. The van der Waals surface area contributed by atoms with Crippen LogP contribution >= 0.6 is 0 Å². The van der Waals surface area contributed by atoms with Crippen LogP contribution in [0.25, 0.3) is 0 Å². The first kappa shape index (κ1) is 9.44. The standard InChI is InChI=1S/C11H16N2O/c1-8-12-7-10(13(8)2)9-5-3-4-6-11(9)14/h7,9H,3-6H2,1-2H3. The molecule has 0 N–H and O–H groups in total. The molecule has 76 valence electrons. The van der Waals surface area contributed by atoms with Crippen LogP contribution in [0.3, 0.4) is 0 Å². The summed E-state index contributed by atoms with van der Waals surface area (Å²) in [6.45, 7) is 1.97. The lowest BCUT2D eigenvalue weighted by Gasteiger charge is -2.20. The third kappa shape index (κ3) is 1.47. The minimum Gasteiger partial charge on any atom is -0.335 e. The second kappa shape index (κ2) is 3.56. The molecule has 0 bridgehead atoms. The molecule has 1 heterocycles. The van der Waals surface area contributed by atoms with Crippen LogP contribution in [0.1, 0.15) is 43.1 Å². The van der Waals surface area contributed by atoms with Crippen LogP contribution in [0.2, 0.25) is 0 Å². The molecule has 1 aromatic heterocycles. The average Bonchev–Trinajstić information content (AvgIpc) is 2.49. The van der Waals surface area contributed by atoms with Gasteiger partial charge in [0, 0.05) is 25.4 Å². The molecule has 0 aliphatic heterocycles. The number of hydrogen-bond acceptors (Lipinski definition) is 2. The van der Waals surface area contributed by atoms with Crippen molar-refractivity contribution in [3.8, 4) is 0 Å². The molecule has 1 atom stereocenters. The zero-order chi connectivity index (χ0) is 10.1. The van der Waals surface area contributed by atoms with Crippen LogP contribution in [0, 0.1) is 6.92 Å². The largest absolute Gasteiger partial charge is 0.335 e. The number of carbonyl (C=O) groups is 1. The van der Waals surface area contributed by atoms with E-state index >= 15 is 0 Å². The van der Waals surface area contributed by atoms with Crippen LogP contribution in [0.15, 0.2) is 6.20 Å². The predicted octanol–water partition coefficient (Wildman–Crippen LogP) is 1.96. The number of nitrogens with zero attached hydrogens (tertiary/aromatic N) is 2. The van der Waals surface area contributed by atoms with Gasteiger partial charge in [-0.05, 0) is 19.8 Å². The highest BCUT2D eigenvalue weighted by atomic mass is 16.1. The van der Waals surface area contributed by atoms with Gasteiger partial charge < -0.3 is 4.57 Å². The highest BCUT2D eigenvalue weighted by molar-refractivity contribution is 5.85. The Hall–Kier alpha value is -1.12. The van der Waals surface area contributed by atoms with E-state index in [2.05, 4.69) is 4.98 Å². The topological polar surface area (TPSA) is 34.9 Å². The fourth-order valence-corrected chi connectivity index (χ4v) is 2.14. The molecule has 1 fully saturated rings. The number of aromatic nitrogens is 2. The van der Waals surface area contributed by atoms with E-state index in [1.807, 2.05) is 24.7 Å². The van der Waals surface area contributed by atoms with Gasteiger partial charge in [-0.25, -0.2) is 4.98 Å². The van der Waals surface area contributed by atoms with Crippen molar-refractivity contribution in [3.63, 3.8) is 0 Å². The smallest absolute Gasteiger partial charge is 0.141 e. The molecule has 0 saturated heterocycles. The van der Waals surface area contributed by atoms with Crippen LogP contribution in [-0.2, 0) is 11.8 Å². The summed E-state index contributed by atoms with van der Waals surface area (Å²) in [5, 5.41) is 0. The average molecular weight is 192 g/mol. The third-order valence-electron chi connectivity index (χ3n) is 3.17. The summed E-state index contributed by atoms with van der Waals surface area (Å²) < 4.78 is 2.04. The molecule has 0 amide bonds. The van der Waals surface area contributed by atoms with Crippen molar-refractivity contribution < 1.29 is 4.79 Å². The van der Waals surface area contributed by atoms with E-state index in [1.165, 1.54) is 6.42 Å². The molecule has 0 radical (unpaired) electrons. The minimum absolute atomic E-state index is 0.106. The number of carbonyl (C=O) groups excluding carboxylic acids is 1. The summed E-state index contributed by atoms with van der Waals surface area (Å²) >= 11 is 0. The van der Waals surface area contributed by atoms with Crippen LogP contribution in [0.5, 0.6) is 0 Å². The summed E-state index contributed by atoms with van der Waals surface area (Å²) in [4.78, 5) is 16.0. The first-order chi connectivity index (χ1) is 6.70. The van der Waals surface area contributed by atoms with E-state index < -0.39 is 0 Å². The molecule has 2 rings (SSSR count). The number of hydrogen-bond donors (Lipinski definition) is 0. The quantitative estimate of drug-likeness (QED) is 0.681. The van der Waals surface area contributed by atoms with E-state index in [9.17, 15) is 4.79 Å². The number of ketones is 1. The Morgan fingerprint density at radius 3 is 2.86 bits per heavy atom. The molecular formula is C11H16N2O. The summed E-state index contributed by atoms with van der Waals surface area (Å²) in [5.74, 6) is 1.48. The minimum atomic E-state index is 0.106. The van der Waals surface area contributed by atoms with E-state index in [1.54, 1.807) is 0 Å². The van der Waals surface area contributed by atoms with Gasteiger partial charge in [-0.15, -0.1) is 0 Å². The molecule has 3 nitrogen and oxygen atoms in total. The molecule has 1 aromatic rings. The molecule has 0 spiro atoms. The maximum atomic E-state index is 11.7. The maximum Gasteiger partial charge on any atom is 0.141 e. The number of rotatable bonds is 1. The van der Waals surface area contributed by atoms with Gasteiger partial charge in [0.2, 0.25) is 0 Å². The Labute approximate surface area is 84.1 Å². The van der Waals surface area contributed by atoms with E-state index in [0.717, 1.165) is 30.8 Å². The van der Waals surface area contributed by atoms with Gasteiger partial charge in [-0.1, -0.05) is 6.42 Å². The first-order valence-corrected chi connectivity index (χ1v) is 5.21. The Morgan fingerprint density at radius 1 is 1.50 bits per heavy atom. The molecule has 1 unspecified atom stereocenters. The van der Waals surface area contributed by atoms with Crippen molar-refractivity contribution in [2.45, 2.75) is 38.5 Å². The molecule has 1 aliphatic rings. The fourth-order valence-electron chi connectivity index (χ4n) is 2.14. The Kier molecular flexibility index (Phi) is 2.40. The van der Waals surface area contributed by atoms with Crippen molar-refractivity contribution in [1.82, 2.24) is 9.55 Å². The van der Waals surface area contributed by atoms with Crippen LogP contribution in [0.4, 0.5) is 0 Å². The molecular weight excluding hydrogens is 176 g/mol. The maximum absolute atomic E-state index is 11.7. The number of imidazole rings is 1. The van der Waals surface area contributed by atoms with Gasteiger partial charge in [0.05, 0.1) is 5.92 Å². The second-order valence-electron chi connectivity index (χ2n) is 4.05. The zero-order valence-corrected chi connectivity index (χ0v) is 8.79. The molecule has 1 saturated carbocycles. The zero-order valence-electron chi connectivity index (χ0n) is 8.79. The second-order valence-corrected chi connectivity index (χ2v) is 4.05. The van der Waals surface area contributed by atoms with Crippen molar-refractivity contribution in [2.24, 2.45) is 7.05 Å². The molecule has 14 heavy (non-hydrogen) atoms. The van der Waals surface area contributed by atoms with Gasteiger partial charge >= 0.3 is 0 Å². The monoisotopic (exact) mass is 192 g/mol. The van der Waals surface area contributed by atoms with Gasteiger partial charge in [-0.2, -0.15) is 0 Å². The van der Waals surface area contributed by atoms with Crippen LogP contribution in [-0.4, -0.2) is 15.3 Å². The summed E-state index contributed by atoms with van der Waals surface area (Å²) in [7, 11) is 1.99. The SMILES string of the molecule is Cc1ncc(C2CCCCC2=O)n1C. The van der Waals surface area contributed by atoms with Crippen molar-refractivity contribution >= 4 is 5.78 Å². The Bertz CT molecular complexity index is 354. The third-order valence-corrected chi connectivity index (χ3v) is 3.17. The Balaban J connectivity index is 2.29. The molecule has 3 heteroatoms. The van der Waals surface area contributed by atoms with Crippen LogP contribution < -0.4 is 0 Å². The summed E-state index contributed by atoms with van der Waals surface area (Å²) in [6.07, 6.45) is 5.82. The van der Waals surface area contributed by atoms with E-state index in [0.29, 0.717) is 5.78 Å². The molecule has 0 aromatic carbocycles. The lowest BCUT2D eigenvalue weighted by Crippen LogP contribution is -2.19. The summed E-state index contributed by atoms with van der Waals surface area (Å²) in [6, 6.07) is 0. The van der Waals surface area contributed by atoms with Gasteiger partial charge in [0.1, 0.15) is 11.6 Å². The number of Topliss-reactive ketones (excluding diaryl/α,β-unsaturated/α-hetero) is 1. The van der Waals surface area contributed by atoms with E-state index in [-0.39, 0.29) is 5.92 Å². The highest BCUT2D eigenvalue weighted by Gasteiger charge is 2.26. The van der Waals surface area contributed by atoms with Crippen molar-refractivity contribution in [3.05, 3.63) is 17.7 Å². The van der Waals surface area contributed by atoms with Gasteiger partial charge in [0.25, 0.3) is 0 Å². The lowest BCUT2D eigenvalue weighted by atomic mass is 9.86. The normalized spacial score (nSPS) is 22.7. The van der Waals surface area contributed by atoms with E-state index in [4.69, 9.17) is 0 Å². The predicted molar refractivity (Wildman–Crippen MR) is 54.2 cm³/mol. The number of aryl methyl sites for hydroxylation is 1.